The fourth-order valence-corrected chi connectivity index (χ4v) is 3.39. The van der Waals surface area contributed by atoms with Crippen LogP contribution in [-0.2, 0) is 10.2 Å². The van der Waals surface area contributed by atoms with Gasteiger partial charge in [0, 0.05) is 5.56 Å². The summed E-state index contributed by atoms with van der Waals surface area (Å²) in [5.41, 5.74) is 5.76. The van der Waals surface area contributed by atoms with Crippen LogP contribution in [0.5, 0.6) is 0 Å². The number of nitrogens with one attached hydrogen (secondary N) is 2. The smallest absolute Gasteiger partial charge is 0.232 e. The highest BCUT2D eigenvalue weighted by atomic mass is 16.1. The van der Waals surface area contributed by atoms with E-state index in [-0.39, 0.29) is 17.2 Å². The van der Waals surface area contributed by atoms with Gasteiger partial charge in [0.15, 0.2) is 0 Å². The molecular weight excluding hydrogens is 346 g/mol. The maximum absolute atomic E-state index is 13.0. The second-order valence-corrected chi connectivity index (χ2v) is 8.26. The lowest BCUT2D eigenvalue weighted by atomic mass is 9.86. The molecule has 1 amide bonds. The van der Waals surface area contributed by atoms with Crippen molar-refractivity contribution in [2.24, 2.45) is 0 Å². The molecule has 4 heteroatoms. The highest BCUT2D eigenvalue weighted by Crippen LogP contribution is 2.32. The van der Waals surface area contributed by atoms with Gasteiger partial charge in [-0.25, -0.2) is 0 Å². The van der Waals surface area contributed by atoms with Gasteiger partial charge in [0.25, 0.3) is 0 Å². The van der Waals surface area contributed by atoms with Crippen LogP contribution in [-0.4, -0.2) is 16.1 Å². The number of H-pyrrole nitrogens is 1. The molecule has 2 aromatic carbocycles. The van der Waals surface area contributed by atoms with Crippen molar-refractivity contribution in [2.45, 2.75) is 52.4 Å². The lowest BCUT2D eigenvalue weighted by Crippen LogP contribution is -2.21. The molecule has 2 N–H and O–H groups in total. The van der Waals surface area contributed by atoms with E-state index in [1.807, 2.05) is 44.2 Å². The summed E-state index contributed by atoms with van der Waals surface area (Å²) >= 11 is 0. The average Bonchev–Trinajstić information content (AvgIpc) is 3.03. The summed E-state index contributed by atoms with van der Waals surface area (Å²) in [6.07, 6.45) is 0.738. The Morgan fingerprint density at radius 3 is 2.29 bits per heavy atom. The third-order valence-corrected chi connectivity index (χ3v) is 5.15. The Morgan fingerprint density at radius 2 is 1.71 bits per heavy atom. The quantitative estimate of drug-likeness (QED) is 0.591. The monoisotopic (exact) mass is 375 g/mol. The Kier molecular flexibility index (Phi) is 5.68. The molecular formula is C24H29N3O. The number of benzene rings is 2. The predicted molar refractivity (Wildman–Crippen MR) is 116 cm³/mol. The van der Waals surface area contributed by atoms with Crippen molar-refractivity contribution in [1.29, 1.82) is 0 Å². The molecule has 0 aliphatic heterocycles. The summed E-state index contributed by atoms with van der Waals surface area (Å²) in [5.74, 6) is -0.197. The molecule has 1 heterocycles. The lowest BCUT2D eigenvalue weighted by molar-refractivity contribution is -0.117. The standard InChI is InChI=1S/C24H29N3O/c1-6-20(17-10-8-7-9-11-17)23(28)25-21-16(2)26-27-22(21)18-12-14-19(15-13-18)24(3,4)5/h7-15,20H,6H2,1-5H3,(H,25,28)(H,26,27)/t20-/m1/s1. The molecule has 3 rings (SSSR count). The van der Waals surface area contributed by atoms with E-state index in [1.54, 1.807) is 0 Å². The van der Waals surface area contributed by atoms with Crippen LogP contribution >= 0.6 is 0 Å². The molecule has 1 atom stereocenters. The van der Waals surface area contributed by atoms with Gasteiger partial charge in [-0.15, -0.1) is 0 Å². The van der Waals surface area contributed by atoms with Gasteiger partial charge < -0.3 is 5.32 Å². The number of amides is 1. The van der Waals surface area contributed by atoms with Gasteiger partial charge in [0.1, 0.15) is 5.69 Å². The summed E-state index contributed by atoms with van der Waals surface area (Å²) in [5, 5.41) is 10.6. The molecule has 3 aromatic rings. The lowest BCUT2D eigenvalue weighted by Gasteiger charge is -2.19. The van der Waals surface area contributed by atoms with Crippen molar-refractivity contribution in [1.82, 2.24) is 10.2 Å². The molecule has 4 nitrogen and oxygen atoms in total. The first kappa shape index (κ1) is 19.9. The largest absolute Gasteiger partial charge is 0.322 e. The van der Waals surface area contributed by atoms with E-state index in [1.165, 1.54) is 5.56 Å². The van der Waals surface area contributed by atoms with Gasteiger partial charge in [-0.1, -0.05) is 82.3 Å². The van der Waals surface area contributed by atoms with Crippen LogP contribution in [0, 0.1) is 6.92 Å². The third-order valence-electron chi connectivity index (χ3n) is 5.15. The van der Waals surface area contributed by atoms with Crippen LogP contribution in [0.3, 0.4) is 0 Å². The Labute approximate surface area is 167 Å². The number of anilines is 1. The highest BCUT2D eigenvalue weighted by molar-refractivity contribution is 5.99. The van der Waals surface area contributed by atoms with E-state index >= 15 is 0 Å². The summed E-state index contributed by atoms with van der Waals surface area (Å²) in [4.78, 5) is 13.0. The maximum Gasteiger partial charge on any atom is 0.232 e. The summed E-state index contributed by atoms with van der Waals surface area (Å²) in [6.45, 7) is 10.5. The molecule has 0 spiro atoms. The van der Waals surface area contributed by atoms with Crippen LogP contribution in [0.1, 0.15) is 56.9 Å². The highest BCUT2D eigenvalue weighted by Gasteiger charge is 2.22. The van der Waals surface area contributed by atoms with E-state index in [2.05, 4.69) is 60.6 Å². The number of rotatable bonds is 5. The second kappa shape index (κ2) is 8.01. The minimum atomic E-state index is -0.188. The Bertz CT molecular complexity index is 934. The van der Waals surface area contributed by atoms with Crippen molar-refractivity contribution in [3.63, 3.8) is 0 Å². The molecule has 0 saturated heterocycles. The van der Waals surface area contributed by atoms with Crippen molar-refractivity contribution in [3.05, 3.63) is 71.4 Å². The van der Waals surface area contributed by atoms with Crippen LogP contribution in [0.15, 0.2) is 54.6 Å². The zero-order chi connectivity index (χ0) is 20.3. The third kappa shape index (κ3) is 4.16. The number of nitrogens with zero attached hydrogens (tertiary/aromatic N) is 1. The van der Waals surface area contributed by atoms with Crippen LogP contribution in [0.2, 0.25) is 0 Å². The normalized spacial score (nSPS) is 12.6. The van der Waals surface area contributed by atoms with Gasteiger partial charge in [-0.3, -0.25) is 9.89 Å². The zero-order valence-corrected chi connectivity index (χ0v) is 17.3. The molecule has 1 aromatic heterocycles. The molecule has 0 unspecified atom stereocenters. The van der Waals surface area contributed by atoms with Crippen LogP contribution in [0.25, 0.3) is 11.3 Å². The molecule has 0 fully saturated rings. The van der Waals surface area contributed by atoms with Crippen molar-refractivity contribution < 1.29 is 4.79 Å². The van der Waals surface area contributed by atoms with Gasteiger partial charge in [0.05, 0.1) is 17.3 Å². The van der Waals surface area contributed by atoms with E-state index in [0.29, 0.717) is 0 Å². The Morgan fingerprint density at radius 1 is 1.07 bits per heavy atom. The molecule has 28 heavy (non-hydrogen) atoms. The first-order chi connectivity index (χ1) is 13.3. The molecule has 0 aliphatic carbocycles. The Hall–Kier alpha value is -2.88. The number of aryl methyl sites for hydroxylation is 1. The number of hydrogen-bond acceptors (Lipinski definition) is 2. The van der Waals surface area contributed by atoms with Crippen LogP contribution < -0.4 is 5.32 Å². The number of carbonyl (C=O) groups excluding carboxylic acids is 1. The fraction of sp³-hybridized carbons (Fsp3) is 0.333. The minimum Gasteiger partial charge on any atom is -0.322 e. The average molecular weight is 376 g/mol. The van der Waals surface area contributed by atoms with E-state index in [0.717, 1.165) is 34.6 Å². The molecule has 146 valence electrons. The number of aromatic amines is 1. The summed E-state index contributed by atoms with van der Waals surface area (Å²) < 4.78 is 0. The first-order valence-corrected chi connectivity index (χ1v) is 9.83. The number of aromatic nitrogens is 2. The van der Waals surface area contributed by atoms with Crippen molar-refractivity contribution >= 4 is 11.6 Å². The molecule has 0 radical (unpaired) electrons. The van der Waals surface area contributed by atoms with E-state index in [4.69, 9.17) is 0 Å². The molecule has 0 aliphatic rings. The predicted octanol–water partition coefficient (Wildman–Crippen LogP) is 5.81. The topological polar surface area (TPSA) is 57.8 Å². The SMILES string of the molecule is CC[C@@H](C(=O)Nc1c(-c2ccc(C(C)(C)C)cc2)n[nH]c1C)c1ccccc1. The zero-order valence-electron chi connectivity index (χ0n) is 17.3. The van der Waals surface area contributed by atoms with Crippen molar-refractivity contribution in [2.75, 3.05) is 5.32 Å². The fourth-order valence-electron chi connectivity index (χ4n) is 3.39. The molecule has 0 saturated carbocycles. The van der Waals surface area contributed by atoms with Crippen LogP contribution in [0.4, 0.5) is 5.69 Å². The maximum atomic E-state index is 13.0. The van der Waals surface area contributed by atoms with Gasteiger partial charge in [-0.05, 0) is 29.9 Å². The molecule has 0 bridgehead atoms. The first-order valence-electron chi connectivity index (χ1n) is 9.83. The minimum absolute atomic E-state index is 0.00855. The number of carbonyl (C=O) groups is 1. The van der Waals surface area contributed by atoms with Gasteiger partial charge in [0.2, 0.25) is 5.91 Å². The van der Waals surface area contributed by atoms with E-state index in [9.17, 15) is 4.79 Å². The number of hydrogen-bond donors (Lipinski definition) is 2. The summed E-state index contributed by atoms with van der Waals surface area (Å²) in [6, 6.07) is 18.3. The van der Waals surface area contributed by atoms with Crippen molar-refractivity contribution in [3.8, 4) is 11.3 Å². The summed E-state index contributed by atoms with van der Waals surface area (Å²) in [7, 11) is 0. The van der Waals surface area contributed by atoms with Gasteiger partial charge >= 0.3 is 0 Å². The second-order valence-electron chi connectivity index (χ2n) is 8.26. The van der Waals surface area contributed by atoms with Gasteiger partial charge in [-0.2, -0.15) is 5.10 Å². The Balaban J connectivity index is 1.88. The van der Waals surface area contributed by atoms with E-state index < -0.39 is 0 Å².